The highest BCUT2D eigenvalue weighted by Gasteiger charge is 2.05. The molecule has 1 aromatic rings. The first kappa shape index (κ1) is 15.5. The van der Waals surface area contributed by atoms with Crippen LogP contribution in [0.2, 0.25) is 0 Å². The van der Waals surface area contributed by atoms with Crippen LogP contribution in [0, 0.1) is 11.3 Å². The lowest BCUT2D eigenvalue weighted by Crippen LogP contribution is -2.13. The van der Waals surface area contributed by atoms with E-state index < -0.39 is 0 Å². The molecule has 0 atom stereocenters. The zero-order valence-corrected chi connectivity index (χ0v) is 11.8. The number of thioether (sulfide) groups is 1. The van der Waals surface area contributed by atoms with E-state index in [1.165, 1.54) is 0 Å². The normalized spacial score (nSPS) is 9.89. The molecule has 19 heavy (non-hydrogen) atoms. The van der Waals surface area contributed by atoms with Gasteiger partial charge in [-0.2, -0.15) is 17.0 Å². The minimum absolute atomic E-state index is 0.0538. The van der Waals surface area contributed by atoms with Crippen molar-refractivity contribution in [2.75, 3.05) is 30.5 Å². The van der Waals surface area contributed by atoms with Gasteiger partial charge in [-0.05, 0) is 24.3 Å². The third-order valence-electron chi connectivity index (χ3n) is 2.43. The molecule has 1 aromatic carbocycles. The summed E-state index contributed by atoms with van der Waals surface area (Å²) in [5.74, 6) is 1.72. The summed E-state index contributed by atoms with van der Waals surface area (Å²) in [5.41, 5.74) is 1.07. The largest absolute Gasteiger partial charge is 0.385 e. The molecule has 102 valence electrons. The van der Waals surface area contributed by atoms with Crippen molar-refractivity contribution >= 4 is 23.4 Å². The predicted octanol–water partition coefficient (Wildman–Crippen LogP) is 2.66. The minimum atomic E-state index is -0.0538. The number of para-hydroxylation sites is 1. The van der Waals surface area contributed by atoms with Crippen molar-refractivity contribution in [3.63, 3.8) is 0 Å². The molecule has 0 saturated carbocycles. The first-order valence-electron chi connectivity index (χ1n) is 6.13. The maximum absolute atomic E-state index is 11.7. The lowest BCUT2D eigenvalue weighted by atomic mass is 10.2. The SMILES string of the molecule is COCCCSCCC(=O)Nc1ccccc1C#N. The van der Waals surface area contributed by atoms with E-state index >= 15 is 0 Å². The highest BCUT2D eigenvalue weighted by molar-refractivity contribution is 7.99. The Morgan fingerprint density at radius 1 is 1.42 bits per heavy atom. The van der Waals surface area contributed by atoms with Gasteiger partial charge >= 0.3 is 0 Å². The molecule has 0 aliphatic heterocycles. The van der Waals surface area contributed by atoms with Gasteiger partial charge in [0.15, 0.2) is 0 Å². The smallest absolute Gasteiger partial charge is 0.225 e. The molecule has 0 spiro atoms. The lowest BCUT2D eigenvalue weighted by molar-refractivity contribution is -0.115. The summed E-state index contributed by atoms with van der Waals surface area (Å²) in [5, 5.41) is 11.7. The molecular formula is C14H18N2O2S. The van der Waals surface area contributed by atoms with E-state index in [4.69, 9.17) is 10.00 Å². The first-order chi connectivity index (χ1) is 9.27. The van der Waals surface area contributed by atoms with Crippen molar-refractivity contribution in [2.45, 2.75) is 12.8 Å². The zero-order valence-electron chi connectivity index (χ0n) is 11.0. The van der Waals surface area contributed by atoms with Crippen molar-refractivity contribution in [1.29, 1.82) is 5.26 Å². The Labute approximate surface area is 118 Å². The first-order valence-corrected chi connectivity index (χ1v) is 7.29. The molecule has 0 saturated heterocycles. The van der Waals surface area contributed by atoms with E-state index in [0.29, 0.717) is 17.7 Å². The van der Waals surface area contributed by atoms with Crippen LogP contribution in [-0.2, 0) is 9.53 Å². The number of anilines is 1. The van der Waals surface area contributed by atoms with E-state index in [1.54, 1.807) is 43.1 Å². The number of methoxy groups -OCH3 is 1. The summed E-state index contributed by atoms with van der Waals surface area (Å²) >= 11 is 1.74. The molecule has 1 amide bonds. The summed E-state index contributed by atoms with van der Waals surface area (Å²) < 4.78 is 4.95. The number of rotatable bonds is 8. The van der Waals surface area contributed by atoms with Crippen molar-refractivity contribution in [1.82, 2.24) is 0 Å². The van der Waals surface area contributed by atoms with Crippen LogP contribution < -0.4 is 5.32 Å². The number of carbonyl (C=O) groups is 1. The molecule has 0 aromatic heterocycles. The third kappa shape index (κ3) is 6.27. The van der Waals surface area contributed by atoms with Gasteiger partial charge in [0.1, 0.15) is 6.07 Å². The highest BCUT2D eigenvalue weighted by atomic mass is 32.2. The molecule has 1 rings (SSSR count). The Kier molecular flexibility index (Phi) is 7.71. The topological polar surface area (TPSA) is 62.1 Å². The van der Waals surface area contributed by atoms with Crippen LogP contribution in [-0.4, -0.2) is 31.1 Å². The number of hydrogen-bond donors (Lipinski definition) is 1. The fourth-order valence-corrected chi connectivity index (χ4v) is 2.33. The summed E-state index contributed by atoms with van der Waals surface area (Å²) in [7, 11) is 1.69. The van der Waals surface area contributed by atoms with Crippen LogP contribution in [0.1, 0.15) is 18.4 Å². The maximum Gasteiger partial charge on any atom is 0.225 e. The van der Waals surface area contributed by atoms with E-state index in [0.717, 1.165) is 24.5 Å². The standard InChI is InChI=1S/C14H18N2O2S/c1-18-8-4-9-19-10-7-14(17)16-13-6-3-2-5-12(13)11-15/h2-3,5-6H,4,7-10H2,1H3,(H,16,17). The number of carbonyl (C=O) groups excluding carboxylic acids is 1. The maximum atomic E-state index is 11.7. The van der Waals surface area contributed by atoms with Crippen LogP contribution in [0.15, 0.2) is 24.3 Å². The molecular weight excluding hydrogens is 260 g/mol. The molecule has 5 heteroatoms. The summed E-state index contributed by atoms with van der Waals surface area (Å²) in [6.45, 7) is 0.759. The van der Waals surface area contributed by atoms with E-state index in [9.17, 15) is 4.79 Å². The minimum Gasteiger partial charge on any atom is -0.385 e. The summed E-state index contributed by atoms with van der Waals surface area (Å²) in [6.07, 6.45) is 1.46. The quantitative estimate of drug-likeness (QED) is 0.743. The molecule has 4 nitrogen and oxygen atoms in total. The highest BCUT2D eigenvalue weighted by Crippen LogP contribution is 2.14. The van der Waals surface area contributed by atoms with Crippen LogP contribution in [0.25, 0.3) is 0 Å². The van der Waals surface area contributed by atoms with Gasteiger partial charge in [-0.25, -0.2) is 0 Å². The molecule has 0 aliphatic rings. The van der Waals surface area contributed by atoms with Gasteiger partial charge < -0.3 is 10.1 Å². The number of amides is 1. The lowest BCUT2D eigenvalue weighted by Gasteiger charge is -2.06. The van der Waals surface area contributed by atoms with Crippen molar-refractivity contribution in [2.24, 2.45) is 0 Å². The fraction of sp³-hybridized carbons (Fsp3) is 0.429. The third-order valence-corrected chi connectivity index (χ3v) is 3.50. The second-order valence-corrected chi connectivity index (χ2v) is 5.14. The molecule has 0 bridgehead atoms. The van der Waals surface area contributed by atoms with E-state index in [-0.39, 0.29) is 5.91 Å². The van der Waals surface area contributed by atoms with Gasteiger partial charge in [-0.15, -0.1) is 0 Å². The van der Waals surface area contributed by atoms with Gasteiger partial charge in [-0.1, -0.05) is 12.1 Å². The molecule has 0 unspecified atom stereocenters. The molecule has 0 heterocycles. The van der Waals surface area contributed by atoms with Gasteiger partial charge in [-0.3, -0.25) is 4.79 Å². The Bertz CT molecular complexity index is 443. The molecule has 0 aliphatic carbocycles. The zero-order chi connectivity index (χ0) is 13.9. The second kappa shape index (κ2) is 9.42. The second-order valence-electron chi connectivity index (χ2n) is 3.91. The number of hydrogen-bond acceptors (Lipinski definition) is 4. The van der Waals surface area contributed by atoms with Crippen LogP contribution in [0.4, 0.5) is 5.69 Å². The fourth-order valence-electron chi connectivity index (χ4n) is 1.47. The Morgan fingerprint density at radius 3 is 2.95 bits per heavy atom. The molecule has 1 N–H and O–H groups in total. The number of nitrogens with zero attached hydrogens (tertiary/aromatic N) is 1. The average Bonchev–Trinajstić information content (AvgIpc) is 2.43. The van der Waals surface area contributed by atoms with Gasteiger partial charge in [0, 0.05) is 25.9 Å². The summed E-state index contributed by atoms with van der Waals surface area (Å²) in [4.78, 5) is 11.7. The number of ether oxygens (including phenoxy) is 1. The summed E-state index contributed by atoms with van der Waals surface area (Å²) in [6, 6.07) is 9.06. The van der Waals surface area contributed by atoms with Crippen LogP contribution in [0.5, 0.6) is 0 Å². The van der Waals surface area contributed by atoms with Crippen molar-refractivity contribution < 1.29 is 9.53 Å². The van der Waals surface area contributed by atoms with Crippen molar-refractivity contribution in [3.8, 4) is 6.07 Å². The van der Waals surface area contributed by atoms with Gasteiger partial charge in [0.2, 0.25) is 5.91 Å². The monoisotopic (exact) mass is 278 g/mol. The molecule has 0 radical (unpaired) electrons. The predicted molar refractivity (Wildman–Crippen MR) is 78.2 cm³/mol. The van der Waals surface area contributed by atoms with Gasteiger partial charge in [0.05, 0.1) is 11.3 Å². The van der Waals surface area contributed by atoms with Gasteiger partial charge in [0.25, 0.3) is 0 Å². The van der Waals surface area contributed by atoms with E-state index in [2.05, 4.69) is 11.4 Å². The number of benzene rings is 1. The Hall–Kier alpha value is -1.51. The van der Waals surface area contributed by atoms with Crippen molar-refractivity contribution in [3.05, 3.63) is 29.8 Å². The van der Waals surface area contributed by atoms with Crippen LogP contribution in [0.3, 0.4) is 0 Å². The number of nitrogens with one attached hydrogen (secondary N) is 1. The molecule has 0 fully saturated rings. The Morgan fingerprint density at radius 2 is 2.21 bits per heavy atom. The van der Waals surface area contributed by atoms with Crippen LogP contribution >= 0.6 is 11.8 Å². The Balaban J connectivity index is 2.26. The average molecular weight is 278 g/mol. The van der Waals surface area contributed by atoms with E-state index in [1.807, 2.05) is 0 Å². The number of nitriles is 1.